The minimum atomic E-state index is -4.39. The van der Waals surface area contributed by atoms with Gasteiger partial charge in [0.05, 0.1) is 18.7 Å². The van der Waals surface area contributed by atoms with Gasteiger partial charge in [-0.3, -0.25) is 4.79 Å². The average molecular weight is 363 g/mol. The predicted molar refractivity (Wildman–Crippen MR) is 90.3 cm³/mol. The molecule has 0 aliphatic carbocycles. The van der Waals surface area contributed by atoms with Crippen LogP contribution in [-0.2, 0) is 11.0 Å². The Hall–Kier alpha value is -3.03. The van der Waals surface area contributed by atoms with Crippen LogP contribution in [-0.4, -0.2) is 30.1 Å². The van der Waals surface area contributed by atoms with Crippen molar-refractivity contribution in [3.63, 3.8) is 0 Å². The number of nitrogens with one attached hydrogen (secondary N) is 1. The Balaban J connectivity index is 1.87. The van der Waals surface area contributed by atoms with E-state index in [2.05, 4.69) is 16.9 Å². The van der Waals surface area contributed by atoms with Crippen molar-refractivity contribution in [3.8, 4) is 5.88 Å². The number of ether oxygens (including phenoxy) is 1. The topological polar surface area (TPSA) is 54.5 Å². The molecule has 2 aromatic rings. The highest BCUT2D eigenvalue weighted by molar-refractivity contribution is 5.86. The summed E-state index contributed by atoms with van der Waals surface area (Å²) < 4.78 is 44.1. The molecule has 1 aromatic carbocycles. The number of carbonyl (C=O) groups is 1. The number of nitrogens with zero attached hydrogens (tertiary/aromatic N) is 2. The van der Waals surface area contributed by atoms with Gasteiger partial charge in [0, 0.05) is 11.9 Å². The number of amides is 1. The third-order valence-electron chi connectivity index (χ3n) is 3.90. The molecule has 5 nitrogen and oxygen atoms in total. The van der Waals surface area contributed by atoms with Gasteiger partial charge in [-0.25, -0.2) is 4.98 Å². The van der Waals surface area contributed by atoms with Crippen molar-refractivity contribution in [1.82, 2.24) is 10.3 Å². The summed E-state index contributed by atoms with van der Waals surface area (Å²) in [5.41, 5.74) is 0.518. The molecule has 2 heterocycles. The number of pyridine rings is 1. The number of halogens is 3. The average Bonchev–Trinajstić information content (AvgIpc) is 2.64. The largest absolute Gasteiger partial charge is 0.469 e. The second kappa shape index (κ2) is 7.07. The van der Waals surface area contributed by atoms with E-state index in [-0.39, 0.29) is 12.5 Å². The number of carbonyl (C=O) groups excluding carboxylic acids is 1. The fourth-order valence-corrected chi connectivity index (χ4v) is 2.64. The maximum Gasteiger partial charge on any atom is 0.416 e. The summed E-state index contributed by atoms with van der Waals surface area (Å²) in [6.07, 6.45) is -2.08. The summed E-state index contributed by atoms with van der Waals surface area (Å²) in [5, 5.41) is 2.65. The van der Waals surface area contributed by atoms with Crippen molar-refractivity contribution in [2.75, 3.05) is 18.0 Å². The number of alkyl halides is 3. The zero-order valence-electron chi connectivity index (χ0n) is 13.7. The molecule has 8 heteroatoms. The monoisotopic (exact) mass is 363 g/mol. The minimum Gasteiger partial charge on any atom is -0.469 e. The van der Waals surface area contributed by atoms with E-state index < -0.39 is 17.8 Å². The van der Waals surface area contributed by atoms with Crippen LogP contribution < -0.4 is 15.0 Å². The van der Waals surface area contributed by atoms with Crippen molar-refractivity contribution in [1.29, 1.82) is 0 Å². The molecule has 0 saturated heterocycles. The Labute approximate surface area is 148 Å². The molecule has 0 fully saturated rings. The molecule has 1 amide bonds. The number of rotatable bonds is 4. The summed E-state index contributed by atoms with van der Waals surface area (Å²) in [5.74, 6) is 0.0259. The van der Waals surface area contributed by atoms with Crippen LogP contribution in [0.3, 0.4) is 0 Å². The third-order valence-corrected chi connectivity index (χ3v) is 3.90. The van der Waals surface area contributed by atoms with E-state index in [9.17, 15) is 18.0 Å². The lowest BCUT2D eigenvalue weighted by Crippen LogP contribution is -2.44. The van der Waals surface area contributed by atoms with E-state index in [0.717, 1.165) is 18.2 Å². The van der Waals surface area contributed by atoms with Gasteiger partial charge in [-0.05, 0) is 42.5 Å². The van der Waals surface area contributed by atoms with Crippen LogP contribution in [0.4, 0.5) is 24.5 Å². The van der Waals surface area contributed by atoms with Crippen molar-refractivity contribution in [2.24, 2.45) is 0 Å². The molecule has 3 rings (SSSR count). The van der Waals surface area contributed by atoms with Crippen LogP contribution in [0.25, 0.3) is 0 Å². The van der Waals surface area contributed by atoms with Crippen LogP contribution in [0.2, 0.25) is 0 Å². The number of hydrogen-bond donors (Lipinski definition) is 1. The number of anilines is 2. The molecule has 0 unspecified atom stereocenters. The molecule has 1 aliphatic rings. The number of aromatic nitrogens is 1. The van der Waals surface area contributed by atoms with Gasteiger partial charge in [-0.1, -0.05) is 6.58 Å². The minimum absolute atomic E-state index is 0.220. The lowest BCUT2D eigenvalue weighted by atomic mass is 10.1. The Bertz CT molecular complexity index is 806. The summed E-state index contributed by atoms with van der Waals surface area (Å²) in [6.45, 7) is 3.95. The van der Waals surface area contributed by atoms with Crippen LogP contribution in [0.5, 0.6) is 5.88 Å². The smallest absolute Gasteiger partial charge is 0.416 e. The SMILES string of the molecule is C=CC(=O)NC[C@@H]1CN(c2ccc(C(F)(F)F)cc2)c2cccnc2O1. The summed E-state index contributed by atoms with van der Waals surface area (Å²) in [4.78, 5) is 17.4. The standard InChI is InChI=1S/C18H16F3N3O2/c1-2-16(25)23-10-14-11-24(15-4-3-9-22-17(15)26-14)13-7-5-12(6-8-13)18(19,20)21/h2-9,14H,1,10-11H2,(H,23,25)/t14-/m1/s1. The zero-order chi connectivity index (χ0) is 18.7. The first-order valence-electron chi connectivity index (χ1n) is 7.85. The lowest BCUT2D eigenvalue weighted by molar-refractivity contribution is -0.137. The maximum absolute atomic E-state index is 12.8. The van der Waals surface area contributed by atoms with Gasteiger partial charge in [0.2, 0.25) is 11.8 Å². The predicted octanol–water partition coefficient (Wildman–Crippen LogP) is 3.30. The summed E-state index contributed by atoms with van der Waals surface area (Å²) >= 11 is 0. The van der Waals surface area contributed by atoms with Crippen molar-refractivity contribution in [3.05, 3.63) is 60.8 Å². The number of benzene rings is 1. The van der Waals surface area contributed by atoms with E-state index >= 15 is 0 Å². The van der Waals surface area contributed by atoms with Gasteiger partial charge < -0.3 is 15.0 Å². The highest BCUT2D eigenvalue weighted by Gasteiger charge is 2.31. The second-order valence-corrected chi connectivity index (χ2v) is 5.67. The van der Waals surface area contributed by atoms with Gasteiger partial charge in [0.25, 0.3) is 0 Å². The summed E-state index contributed by atoms with van der Waals surface area (Å²) in [7, 11) is 0. The third kappa shape index (κ3) is 3.79. The molecule has 0 spiro atoms. The van der Waals surface area contributed by atoms with Crippen LogP contribution >= 0.6 is 0 Å². The molecule has 1 N–H and O–H groups in total. The van der Waals surface area contributed by atoms with Crippen LogP contribution in [0.15, 0.2) is 55.3 Å². The normalized spacial score (nSPS) is 16.4. The Kier molecular flexibility index (Phi) is 4.83. The first kappa shape index (κ1) is 17.8. The molecule has 0 radical (unpaired) electrons. The molecule has 26 heavy (non-hydrogen) atoms. The van der Waals surface area contributed by atoms with E-state index in [1.165, 1.54) is 12.1 Å². The van der Waals surface area contributed by atoms with Gasteiger partial charge in [0.1, 0.15) is 11.8 Å². The Morgan fingerprint density at radius 3 is 2.73 bits per heavy atom. The molecule has 1 aliphatic heterocycles. The van der Waals surface area contributed by atoms with E-state index in [0.29, 0.717) is 23.8 Å². The molecule has 0 saturated carbocycles. The fourth-order valence-electron chi connectivity index (χ4n) is 2.64. The van der Waals surface area contributed by atoms with E-state index in [1.54, 1.807) is 18.3 Å². The fraction of sp³-hybridized carbons (Fsp3) is 0.222. The zero-order valence-corrected chi connectivity index (χ0v) is 13.7. The van der Waals surface area contributed by atoms with Crippen molar-refractivity contribution in [2.45, 2.75) is 12.3 Å². The van der Waals surface area contributed by atoms with Gasteiger partial charge >= 0.3 is 6.18 Å². The van der Waals surface area contributed by atoms with Crippen molar-refractivity contribution >= 4 is 17.3 Å². The maximum atomic E-state index is 12.8. The van der Waals surface area contributed by atoms with Crippen molar-refractivity contribution < 1.29 is 22.7 Å². The summed E-state index contributed by atoms with van der Waals surface area (Å²) in [6, 6.07) is 8.39. The van der Waals surface area contributed by atoms with E-state index in [4.69, 9.17) is 4.74 Å². The van der Waals surface area contributed by atoms with E-state index in [1.807, 2.05) is 4.90 Å². The first-order valence-corrected chi connectivity index (χ1v) is 7.85. The molecule has 1 aromatic heterocycles. The molecule has 0 bridgehead atoms. The van der Waals surface area contributed by atoms with Gasteiger partial charge in [-0.2, -0.15) is 13.2 Å². The quantitative estimate of drug-likeness (QED) is 0.847. The van der Waals surface area contributed by atoms with Gasteiger partial charge in [0.15, 0.2) is 0 Å². The number of fused-ring (bicyclic) bond motifs is 1. The Morgan fingerprint density at radius 1 is 1.35 bits per heavy atom. The molecular weight excluding hydrogens is 347 g/mol. The first-order chi connectivity index (χ1) is 12.4. The highest BCUT2D eigenvalue weighted by atomic mass is 19.4. The molecular formula is C18H16F3N3O2. The van der Waals surface area contributed by atoms with Gasteiger partial charge in [-0.15, -0.1) is 0 Å². The van der Waals surface area contributed by atoms with Crippen LogP contribution in [0, 0.1) is 0 Å². The number of hydrogen-bond acceptors (Lipinski definition) is 4. The van der Waals surface area contributed by atoms with Crippen LogP contribution in [0.1, 0.15) is 5.56 Å². The highest BCUT2D eigenvalue weighted by Crippen LogP contribution is 2.37. The molecule has 136 valence electrons. The molecule has 1 atom stereocenters. The second-order valence-electron chi connectivity index (χ2n) is 5.67. The Morgan fingerprint density at radius 2 is 2.08 bits per heavy atom. The lowest BCUT2D eigenvalue weighted by Gasteiger charge is -2.35.